The van der Waals surface area contributed by atoms with Gasteiger partial charge in [-0.3, -0.25) is 9.71 Å². The van der Waals surface area contributed by atoms with Crippen molar-refractivity contribution in [3.05, 3.63) is 24.3 Å². The number of sulfonamides is 1. The lowest BCUT2D eigenvalue weighted by atomic mass is 10.3. The van der Waals surface area contributed by atoms with Crippen LogP contribution in [0.1, 0.15) is 7.43 Å². The van der Waals surface area contributed by atoms with Crippen molar-refractivity contribution < 1.29 is 26.3 Å². The average molecular weight is 298 g/mol. The van der Waals surface area contributed by atoms with Gasteiger partial charge in [-0.05, 0) is 12.1 Å². The summed E-state index contributed by atoms with van der Waals surface area (Å²) < 4.78 is 64.7. The number of nitrogens with zero attached hydrogens (tertiary/aromatic N) is 1. The summed E-state index contributed by atoms with van der Waals surface area (Å²) in [5, 5.41) is 0. The first-order chi connectivity index (χ1) is 8.28. The number of para-hydroxylation sites is 2. The summed E-state index contributed by atoms with van der Waals surface area (Å²) in [7, 11) is -4.08. The molecule has 0 saturated heterocycles. The van der Waals surface area contributed by atoms with E-state index in [4.69, 9.17) is 4.74 Å². The largest absolute Gasteiger partial charge is 0.516 e. The van der Waals surface area contributed by atoms with Gasteiger partial charge >= 0.3 is 15.5 Å². The van der Waals surface area contributed by atoms with E-state index in [9.17, 15) is 21.6 Å². The maximum absolute atomic E-state index is 12.2. The first-order valence-electron chi connectivity index (χ1n) is 4.53. The minimum absolute atomic E-state index is 0. The number of alkyl halides is 3. The van der Waals surface area contributed by atoms with E-state index in [-0.39, 0.29) is 18.9 Å². The molecular formula is C10H13F3N2O3S. The summed E-state index contributed by atoms with van der Waals surface area (Å²) in [6.07, 6.45) is 0.973. The van der Waals surface area contributed by atoms with Gasteiger partial charge in [0, 0.05) is 7.05 Å². The lowest BCUT2D eigenvalue weighted by molar-refractivity contribution is -0.0429. The summed E-state index contributed by atoms with van der Waals surface area (Å²) in [6, 6.07) is 5.28. The van der Waals surface area contributed by atoms with E-state index in [2.05, 4.69) is 4.99 Å². The van der Waals surface area contributed by atoms with Crippen LogP contribution in [0.15, 0.2) is 29.3 Å². The number of anilines is 1. The Hall–Kier alpha value is -1.77. The number of rotatable bonds is 4. The number of benzene rings is 1. The zero-order valence-corrected chi connectivity index (χ0v) is 9.92. The average Bonchev–Trinajstić information content (AvgIpc) is 2.26. The summed E-state index contributed by atoms with van der Waals surface area (Å²) in [5.74, 6) is -0.0871. The minimum atomic E-state index is -5.47. The number of aliphatic imine (C=N–C) groups is 1. The van der Waals surface area contributed by atoms with Gasteiger partial charge in [0.15, 0.2) is 12.2 Å². The van der Waals surface area contributed by atoms with Crippen LogP contribution in [0.2, 0.25) is 0 Å². The number of nitrogens with one attached hydrogen (secondary N) is 1. The Morgan fingerprint density at radius 3 is 2.42 bits per heavy atom. The van der Waals surface area contributed by atoms with E-state index in [0.717, 1.165) is 12.5 Å². The van der Waals surface area contributed by atoms with Gasteiger partial charge in [-0.2, -0.15) is 21.6 Å². The number of ether oxygens (including phenoxy) is 1. The maximum Gasteiger partial charge on any atom is 0.516 e. The van der Waals surface area contributed by atoms with Crippen LogP contribution in [0, 0.1) is 0 Å². The molecule has 1 aromatic carbocycles. The second-order valence-corrected chi connectivity index (χ2v) is 4.70. The highest BCUT2D eigenvalue weighted by molar-refractivity contribution is 7.93. The molecular weight excluding hydrogens is 285 g/mol. The molecule has 1 N–H and O–H groups in total. The predicted octanol–water partition coefficient (Wildman–Crippen LogP) is 2.62. The summed E-state index contributed by atoms with van der Waals surface area (Å²) in [4.78, 5) is 3.47. The molecule has 0 saturated carbocycles. The van der Waals surface area contributed by atoms with E-state index in [1.807, 2.05) is 0 Å². The molecule has 9 heteroatoms. The third kappa shape index (κ3) is 4.43. The fraction of sp³-hybridized carbons (Fsp3) is 0.300. The van der Waals surface area contributed by atoms with Gasteiger partial charge in [-0.25, -0.2) is 0 Å². The molecule has 0 aromatic heterocycles. The predicted molar refractivity (Wildman–Crippen MR) is 66.8 cm³/mol. The van der Waals surface area contributed by atoms with Gasteiger partial charge in [0.25, 0.3) is 0 Å². The summed E-state index contributed by atoms with van der Waals surface area (Å²) in [5.41, 5.74) is -5.71. The quantitative estimate of drug-likeness (QED) is 0.686. The molecule has 0 fully saturated rings. The van der Waals surface area contributed by atoms with Crippen LogP contribution in [0.5, 0.6) is 5.75 Å². The highest BCUT2D eigenvalue weighted by Crippen LogP contribution is 2.30. The molecule has 0 aliphatic rings. The summed E-state index contributed by atoms with van der Waals surface area (Å²) >= 11 is 0. The van der Waals surface area contributed by atoms with Crippen molar-refractivity contribution in [1.29, 1.82) is 0 Å². The molecule has 0 amide bonds. The Balaban J connectivity index is 0.00000324. The molecule has 0 aliphatic carbocycles. The molecule has 0 heterocycles. The molecule has 5 nitrogen and oxygen atoms in total. The standard InChI is InChI=1S/C9H9F3N2O3S.CH4/c1-13-6-17-8-5-3-2-4-7(8)14-18(15,16)9(10,11)12;/h2-6,14H,1H3;1H4. The lowest BCUT2D eigenvalue weighted by Gasteiger charge is -2.12. The second-order valence-electron chi connectivity index (χ2n) is 3.03. The maximum atomic E-state index is 12.2. The number of halogens is 3. The highest BCUT2D eigenvalue weighted by Gasteiger charge is 2.46. The summed E-state index contributed by atoms with van der Waals surface area (Å²) in [6.45, 7) is 0. The van der Waals surface area contributed by atoms with E-state index < -0.39 is 15.5 Å². The Bertz CT molecular complexity index is 541. The zero-order valence-electron chi connectivity index (χ0n) is 9.10. The number of hydrogen-bond donors (Lipinski definition) is 1. The third-order valence-corrected chi connectivity index (χ3v) is 2.82. The van der Waals surface area contributed by atoms with E-state index >= 15 is 0 Å². The molecule has 108 valence electrons. The zero-order chi connectivity index (χ0) is 13.8. The normalized spacial score (nSPS) is 12.0. The molecule has 19 heavy (non-hydrogen) atoms. The van der Waals surface area contributed by atoms with Crippen molar-refractivity contribution in [2.45, 2.75) is 12.9 Å². The Morgan fingerprint density at radius 2 is 1.89 bits per heavy atom. The van der Waals surface area contributed by atoms with Gasteiger partial charge in [-0.1, -0.05) is 19.6 Å². The Labute approximate surface area is 109 Å². The van der Waals surface area contributed by atoms with Gasteiger partial charge < -0.3 is 4.74 Å². The molecule has 0 aliphatic heterocycles. The second kappa shape index (κ2) is 6.41. The molecule has 1 aromatic rings. The molecule has 0 unspecified atom stereocenters. The van der Waals surface area contributed by atoms with Crippen molar-refractivity contribution in [3.63, 3.8) is 0 Å². The molecule has 0 atom stereocenters. The lowest BCUT2D eigenvalue weighted by Crippen LogP contribution is -2.30. The van der Waals surface area contributed by atoms with Gasteiger partial charge in [0.05, 0.1) is 5.69 Å². The van der Waals surface area contributed by atoms with Crippen molar-refractivity contribution in [3.8, 4) is 5.75 Å². The Kier molecular flexibility index (Phi) is 5.81. The number of hydrogen-bond acceptors (Lipinski definition) is 4. The fourth-order valence-electron chi connectivity index (χ4n) is 0.966. The molecule has 0 radical (unpaired) electrons. The first kappa shape index (κ1) is 17.2. The third-order valence-electron chi connectivity index (χ3n) is 1.72. The molecule has 0 spiro atoms. The Morgan fingerprint density at radius 1 is 1.32 bits per heavy atom. The van der Waals surface area contributed by atoms with E-state index in [1.54, 1.807) is 0 Å². The van der Waals surface area contributed by atoms with Crippen molar-refractivity contribution in [2.75, 3.05) is 11.8 Å². The monoisotopic (exact) mass is 298 g/mol. The minimum Gasteiger partial charge on any atom is -0.444 e. The van der Waals surface area contributed by atoms with Crippen LogP contribution in [0.3, 0.4) is 0 Å². The fourth-order valence-corrected chi connectivity index (χ4v) is 1.54. The van der Waals surface area contributed by atoms with Gasteiger partial charge in [0.1, 0.15) is 0 Å². The van der Waals surface area contributed by atoms with E-state index in [1.165, 1.54) is 30.0 Å². The van der Waals surface area contributed by atoms with Crippen LogP contribution < -0.4 is 9.46 Å². The van der Waals surface area contributed by atoms with Crippen molar-refractivity contribution >= 4 is 22.1 Å². The van der Waals surface area contributed by atoms with Crippen LogP contribution in [0.25, 0.3) is 0 Å². The van der Waals surface area contributed by atoms with Crippen LogP contribution >= 0.6 is 0 Å². The van der Waals surface area contributed by atoms with Crippen LogP contribution in [0.4, 0.5) is 18.9 Å². The SMILES string of the molecule is C.CN=COc1ccccc1NS(=O)(=O)C(F)(F)F. The smallest absolute Gasteiger partial charge is 0.444 e. The highest BCUT2D eigenvalue weighted by atomic mass is 32.2. The molecule has 0 bridgehead atoms. The van der Waals surface area contributed by atoms with E-state index in [0.29, 0.717) is 0 Å². The van der Waals surface area contributed by atoms with Crippen LogP contribution in [-0.2, 0) is 10.0 Å². The van der Waals surface area contributed by atoms with Crippen LogP contribution in [-0.4, -0.2) is 27.4 Å². The topological polar surface area (TPSA) is 67.8 Å². The van der Waals surface area contributed by atoms with Crippen molar-refractivity contribution in [1.82, 2.24) is 0 Å². The molecule has 1 rings (SSSR count). The first-order valence-corrected chi connectivity index (χ1v) is 6.01. The van der Waals surface area contributed by atoms with Crippen molar-refractivity contribution in [2.24, 2.45) is 4.99 Å². The van der Waals surface area contributed by atoms with Gasteiger partial charge in [-0.15, -0.1) is 0 Å². The van der Waals surface area contributed by atoms with Gasteiger partial charge in [0.2, 0.25) is 0 Å².